The Morgan fingerprint density at radius 1 is 1.16 bits per heavy atom. The number of hydrogen-bond acceptors (Lipinski definition) is 6. The molecule has 3 heterocycles. The summed E-state index contributed by atoms with van der Waals surface area (Å²) in [6.45, 7) is 2.00. The summed E-state index contributed by atoms with van der Waals surface area (Å²) in [4.78, 5) is 33.1. The van der Waals surface area contributed by atoms with Crippen molar-refractivity contribution in [1.29, 1.82) is 0 Å². The van der Waals surface area contributed by atoms with Gasteiger partial charge in [-0.1, -0.05) is 51.5 Å². The van der Waals surface area contributed by atoms with Gasteiger partial charge in [-0.05, 0) is 53.8 Å². The topological polar surface area (TPSA) is 70.5 Å². The van der Waals surface area contributed by atoms with Crippen LogP contribution in [0.1, 0.15) is 26.8 Å². The summed E-state index contributed by atoms with van der Waals surface area (Å²) < 4.78 is 1.75. The number of aliphatic hydroxyl groups excluding tert-OH is 1. The Bertz CT molecular complexity index is 1370. The highest BCUT2D eigenvalue weighted by molar-refractivity contribution is 9.10. The number of carbonyl (C=O) groups excluding carboxylic acids is 2. The average Bonchev–Trinajstić information content (AvgIpc) is 3.46. The molecule has 4 aromatic rings. The molecule has 2 aromatic carbocycles. The highest BCUT2D eigenvalue weighted by atomic mass is 79.9. The second-order valence-electron chi connectivity index (χ2n) is 7.17. The van der Waals surface area contributed by atoms with Crippen LogP contribution in [0.15, 0.2) is 75.8 Å². The monoisotopic (exact) mass is 510 g/mol. The van der Waals surface area contributed by atoms with Crippen molar-refractivity contribution in [3.63, 3.8) is 0 Å². The molecule has 1 amide bonds. The van der Waals surface area contributed by atoms with Gasteiger partial charge in [0, 0.05) is 4.47 Å². The van der Waals surface area contributed by atoms with Crippen LogP contribution in [0.4, 0.5) is 5.13 Å². The van der Waals surface area contributed by atoms with E-state index in [1.165, 1.54) is 27.6 Å². The Balaban J connectivity index is 1.70. The second-order valence-corrected chi connectivity index (χ2v) is 10.0. The number of aromatic nitrogens is 1. The number of anilines is 1. The van der Waals surface area contributed by atoms with E-state index in [1.807, 2.05) is 49.4 Å². The zero-order chi connectivity index (χ0) is 21.7. The summed E-state index contributed by atoms with van der Waals surface area (Å²) in [6.07, 6.45) is 0. The summed E-state index contributed by atoms with van der Waals surface area (Å²) in [6, 6.07) is 16.0. The molecule has 5 rings (SSSR count). The third kappa shape index (κ3) is 3.40. The Kier molecular flexibility index (Phi) is 5.00. The smallest absolute Gasteiger partial charge is 0.296 e. The van der Waals surface area contributed by atoms with Crippen molar-refractivity contribution in [3.05, 3.63) is 91.8 Å². The SMILES string of the molecule is Cc1ccc2nc(N3C(=O)C(O)=C(C(=O)c4cccs4)C3c3cccc(Br)c3)sc2c1. The van der Waals surface area contributed by atoms with Gasteiger partial charge in [0.1, 0.15) is 0 Å². The average molecular weight is 511 g/mol. The van der Waals surface area contributed by atoms with Gasteiger partial charge in [-0.15, -0.1) is 11.3 Å². The number of carbonyl (C=O) groups is 2. The lowest BCUT2D eigenvalue weighted by molar-refractivity contribution is -0.117. The predicted molar refractivity (Wildman–Crippen MR) is 127 cm³/mol. The normalized spacial score (nSPS) is 16.5. The third-order valence-corrected chi connectivity index (χ3v) is 7.48. The van der Waals surface area contributed by atoms with Crippen LogP contribution in [-0.2, 0) is 4.79 Å². The number of thiazole rings is 1. The van der Waals surface area contributed by atoms with Gasteiger partial charge in [-0.2, -0.15) is 0 Å². The van der Waals surface area contributed by atoms with Crippen molar-refractivity contribution in [3.8, 4) is 0 Å². The molecular formula is C23H15BrN2O3S2. The van der Waals surface area contributed by atoms with Gasteiger partial charge >= 0.3 is 0 Å². The lowest BCUT2D eigenvalue weighted by Gasteiger charge is -2.24. The fourth-order valence-corrected chi connectivity index (χ4v) is 5.88. The number of aliphatic hydroxyl groups is 1. The van der Waals surface area contributed by atoms with Gasteiger partial charge < -0.3 is 5.11 Å². The fourth-order valence-electron chi connectivity index (χ4n) is 3.69. The first-order valence-electron chi connectivity index (χ1n) is 9.41. The first kappa shape index (κ1) is 20.1. The van der Waals surface area contributed by atoms with E-state index in [2.05, 4.69) is 20.9 Å². The first-order valence-corrected chi connectivity index (χ1v) is 11.9. The van der Waals surface area contributed by atoms with Crippen LogP contribution in [0.25, 0.3) is 10.2 Å². The summed E-state index contributed by atoms with van der Waals surface area (Å²) >= 11 is 6.11. The Labute approximate surface area is 194 Å². The fraction of sp³-hybridized carbons (Fsp3) is 0.0870. The maximum atomic E-state index is 13.3. The first-order chi connectivity index (χ1) is 14.9. The van der Waals surface area contributed by atoms with Gasteiger partial charge in [0.2, 0.25) is 5.78 Å². The van der Waals surface area contributed by atoms with E-state index in [-0.39, 0.29) is 11.4 Å². The molecule has 0 spiro atoms. The van der Waals surface area contributed by atoms with Crippen molar-refractivity contribution >= 4 is 65.6 Å². The summed E-state index contributed by atoms with van der Waals surface area (Å²) in [5.74, 6) is -1.51. The van der Waals surface area contributed by atoms with Crippen molar-refractivity contribution in [2.75, 3.05) is 4.90 Å². The van der Waals surface area contributed by atoms with E-state index in [0.717, 1.165) is 20.3 Å². The quantitative estimate of drug-likeness (QED) is 0.331. The Morgan fingerprint density at radius 3 is 2.74 bits per heavy atom. The number of benzene rings is 2. The molecule has 0 bridgehead atoms. The van der Waals surface area contributed by atoms with E-state index in [9.17, 15) is 14.7 Å². The zero-order valence-electron chi connectivity index (χ0n) is 16.2. The summed E-state index contributed by atoms with van der Waals surface area (Å²) in [7, 11) is 0. The zero-order valence-corrected chi connectivity index (χ0v) is 19.4. The predicted octanol–water partition coefficient (Wildman–Crippen LogP) is 6.21. The maximum Gasteiger partial charge on any atom is 0.296 e. The molecule has 1 aliphatic heterocycles. The largest absolute Gasteiger partial charge is 0.503 e. The van der Waals surface area contributed by atoms with Gasteiger partial charge in [0.05, 0.1) is 26.7 Å². The number of ketones is 1. The molecule has 0 fully saturated rings. The number of nitrogens with zero attached hydrogens (tertiary/aromatic N) is 2. The number of rotatable bonds is 4. The number of halogens is 1. The second kappa shape index (κ2) is 7.71. The number of fused-ring (bicyclic) bond motifs is 1. The molecule has 1 atom stereocenters. The number of Topliss-reactive ketones (excluding diaryl/α,β-unsaturated/α-hetero) is 1. The molecule has 0 saturated carbocycles. The molecule has 8 heteroatoms. The Morgan fingerprint density at radius 2 is 2.00 bits per heavy atom. The van der Waals surface area contributed by atoms with Crippen LogP contribution in [0.5, 0.6) is 0 Å². The number of aryl methyl sites for hydroxylation is 1. The van der Waals surface area contributed by atoms with Crippen LogP contribution in [0, 0.1) is 6.92 Å². The molecule has 2 aromatic heterocycles. The minimum Gasteiger partial charge on any atom is -0.503 e. The molecule has 154 valence electrons. The molecule has 5 nitrogen and oxygen atoms in total. The number of hydrogen-bond donors (Lipinski definition) is 1. The van der Waals surface area contributed by atoms with Crippen LogP contribution in [0.3, 0.4) is 0 Å². The minimum absolute atomic E-state index is 0.0704. The molecule has 0 radical (unpaired) electrons. The van der Waals surface area contributed by atoms with Crippen LogP contribution in [0.2, 0.25) is 0 Å². The van der Waals surface area contributed by atoms with Crippen molar-refractivity contribution < 1.29 is 14.7 Å². The van der Waals surface area contributed by atoms with Crippen LogP contribution >= 0.6 is 38.6 Å². The van der Waals surface area contributed by atoms with Crippen molar-refractivity contribution in [1.82, 2.24) is 4.98 Å². The van der Waals surface area contributed by atoms with Gasteiger partial charge in [-0.25, -0.2) is 4.98 Å². The Hall–Kier alpha value is -2.81. The van der Waals surface area contributed by atoms with E-state index in [0.29, 0.717) is 15.6 Å². The molecular weight excluding hydrogens is 496 g/mol. The molecule has 31 heavy (non-hydrogen) atoms. The van der Waals surface area contributed by atoms with Crippen molar-refractivity contribution in [2.24, 2.45) is 0 Å². The highest BCUT2D eigenvalue weighted by Crippen LogP contribution is 2.44. The third-order valence-electron chi connectivity index (χ3n) is 5.10. The molecule has 0 aliphatic carbocycles. The molecule has 0 saturated heterocycles. The minimum atomic E-state index is -0.777. The van der Waals surface area contributed by atoms with Crippen LogP contribution < -0.4 is 4.90 Å². The van der Waals surface area contributed by atoms with Crippen molar-refractivity contribution in [2.45, 2.75) is 13.0 Å². The summed E-state index contributed by atoms with van der Waals surface area (Å²) in [5, 5.41) is 13.1. The lowest BCUT2D eigenvalue weighted by atomic mass is 9.96. The van der Waals surface area contributed by atoms with Gasteiger partial charge in [0.15, 0.2) is 10.9 Å². The summed E-state index contributed by atoms with van der Waals surface area (Å²) in [5.41, 5.74) is 2.64. The van der Waals surface area contributed by atoms with Gasteiger partial charge in [0.25, 0.3) is 5.91 Å². The standard InChI is InChI=1S/C23H15BrN2O3S2/c1-12-7-8-15-17(10-12)31-23(25-15)26-19(13-4-2-5-14(24)11-13)18(21(28)22(26)29)20(27)16-6-3-9-30-16/h2-11,19,28H,1H3. The maximum absolute atomic E-state index is 13.3. The molecule has 1 unspecified atom stereocenters. The van der Waals surface area contributed by atoms with E-state index < -0.39 is 17.7 Å². The highest BCUT2D eigenvalue weighted by Gasteiger charge is 2.46. The van der Waals surface area contributed by atoms with E-state index >= 15 is 0 Å². The van der Waals surface area contributed by atoms with Gasteiger partial charge in [-0.3, -0.25) is 14.5 Å². The number of amides is 1. The molecule has 1 aliphatic rings. The lowest BCUT2D eigenvalue weighted by Crippen LogP contribution is -2.30. The van der Waals surface area contributed by atoms with Crippen LogP contribution in [-0.4, -0.2) is 21.8 Å². The van der Waals surface area contributed by atoms with E-state index in [4.69, 9.17) is 0 Å². The molecule has 1 N–H and O–H groups in total. The number of thiophene rings is 1. The van der Waals surface area contributed by atoms with E-state index in [1.54, 1.807) is 17.5 Å².